The summed E-state index contributed by atoms with van der Waals surface area (Å²) in [6.07, 6.45) is 4.18. The van der Waals surface area contributed by atoms with Crippen LogP contribution in [0.4, 0.5) is 0 Å². The van der Waals surface area contributed by atoms with E-state index in [4.69, 9.17) is 15.2 Å². The molecule has 0 unspecified atom stereocenters. The van der Waals surface area contributed by atoms with Gasteiger partial charge >= 0.3 is 0 Å². The Kier molecular flexibility index (Phi) is 5.57. The van der Waals surface area contributed by atoms with Gasteiger partial charge in [-0.3, -0.25) is 0 Å². The van der Waals surface area contributed by atoms with Crippen molar-refractivity contribution in [1.82, 2.24) is 0 Å². The third-order valence-electron chi connectivity index (χ3n) is 2.69. The van der Waals surface area contributed by atoms with Crippen molar-refractivity contribution < 1.29 is 9.47 Å². The summed E-state index contributed by atoms with van der Waals surface area (Å²) in [6, 6.07) is 5.82. The van der Waals surface area contributed by atoms with Gasteiger partial charge < -0.3 is 15.2 Å². The van der Waals surface area contributed by atoms with Gasteiger partial charge in [0.15, 0.2) is 0 Å². The molecule has 0 saturated heterocycles. The summed E-state index contributed by atoms with van der Waals surface area (Å²) in [5.74, 6) is 1.71. The van der Waals surface area contributed by atoms with Gasteiger partial charge in [-0.2, -0.15) is 0 Å². The summed E-state index contributed by atoms with van der Waals surface area (Å²) in [5, 5.41) is 0. The van der Waals surface area contributed by atoms with E-state index in [0.717, 1.165) is 36.4 Å². The summed E-state index contributed by atoms with van der Waals surface area (Å²) in [6.45, 7) is 2.80. The first-order valence-corrected chi connectivity index (χ1v) is 5.82. The number of benzene rings is 1. The molecule has 0 saturated carbocycles. The first kappa shape index (κ1) is 13.6. The van der Waals surface area contributed by atoms with Crippen LogP contribution in [-0.2, 0) is 0 Å². The molecular weight excluding hydrogens is 214 g/mol. The van der Waals surface area contributed by atoms with Gasteiger partial charge in [-0.1, -0.05) is 6.08 Å². The SMILES string of the molecule is COc1ccc(OC)c(/C(C)=C/CCCN)c1. The largest absolute Gasteiger partial charge is 0.497 e. The van der Waals surface area contributed by atoms with E-state index in [2.05, 4.69) is 13.0 Å². The van der Waals surface area contributed by atoms with Gasteiger partial charge in [0.05, 0.1) is 14.2 Å². The monoisotopic (exact) mass is 235 g/mol. The zero-order valence-electron chi connectivity index (χ0n) is 10.8. The van der Waals surface area contributed by atoms with Crippen molar-refractivity contribution in [3.63, 3.8) is 0 Å². The summed E-state index contributed by atoms with van der Waals surface area (Å²) < 4.78 is 10.6. The van der Waals surface area contributed by atoms with Crippen LogP contribution in [0.15, 0.2) is 24.3 Å². The first-order chi connectivity index (χ1) is 8.22. The minimum atomic E-state index is 0.721. The van der Waals surface area contributed by atoms with Crippen molar-refractivity contribution in [2.75, 3.05) is 20.8 Å². The molecule has 1 aromatic carbocycles. The predicted molar refractivity (Wildman–Crippen MR) is 71.5 cm³/mol. The van der Waals surface area contributed by atoms with Gasteiger partial charge in [-0.15, -0.1) is 0 Å². The summed E-state index contributed by atoms with van der Waals surface area (Å²) >= 11 is 0. The number of methoxy groups -OCH3 is 2. The van der Waals surface area contributed by atoms with E-state index in [9.17, 15) is 0 Å². The van der Waals surface area contributed by atoms with E-state index in [1.807, 2.05) is 18.2 Å². The fraction of sp³-hybridized carbons (Fsp3) is 0.429. The molecule has 0 amide bonds. The molecule has 0 aliphatic heterocycles. The maximum Gasteiger partial charge on any atom is 0.126 e. The van der Waals surface area contributed by atoms with Gasteiger partial charge in [0, 0.05) is 5.56 Å². The molecule has 1 aromatic rings. The van der Waals surface area contributed by atoms with Gasteiger partial charge in [0.1, 0.15) is 11.5 Å². The summed E-state index contributed by atoms with van der Waals surface area (Å²) in [7, 11) is 3.34. The summed E-state index contributed by atoms with van der Waals surface area (Å²) in [5.41, 5.74) is 7.74. The average Bonchev–Trinajstić information content (AvgIpc) is 2.38. The maximum absolute atomic E-state index is 5.48. The third kappa shape index (κ3) is 3.79. The van der Waals surface area contributed by atoms with E-state index >= 15 is 0 Å². The Balaban J connectivity index is 2.96. The normalized spacial score (nSPS) is 11.4. The number of rotatable bonds is 6. The fourth-order valence-corrected chi connectivity index (χ4v) is 1.67. The lowest BCUT2D eigenvalue weighted by Gasteiger charge is -2.11. The Morgan fingerprint density at radius 1 is 1.29 bits per heavy atom. The second kappa shape index (κ2) is 6.97. The van der Waals surface area contributed by atoms with E-state index in [1.165, 1.54) is 5.57 Å². The molecule has 17 heavy (non-hydrogen) atoms. The molecule has 94 valence electrons. The lowest BCUT2D eigenvalue weighted by molar-refractivity contribution is 0.402. The topological polar surface area (TPSA) is 44.5 Å². The molecular formula is C14H21NO2. The van der Waals surface area contributed by atoms with Crippen LogP contribution in [-0.4, -0.2) is 20.8 Å². The van der Waals surface area contributed by atoms with Crippen LogP contribution < -0.4 is 15.2 Å². The van der Waals surface area contributed by atoms with Crippen molar-refractivity contribution >= 4 is 5.57 Å². The molecule has 0 radical (unpaired) electrons. The number of nitrogens with two attached hydrogens (primary N) is 1. The molecule has 0 heterocycles. The number of allylic oxidation sites excluding steroid dienone is 2. The lowest BCUT2D eigenvalue weighted by atomic mass is 10.0. The molecule has 1 rings (SSSR count). The van der Waals surface area contributed by atoms with E-state index in [0.29, 0.717) is 0 Å². The Labute approximate surface area is 103 Å². The Morgan fingerprint density at radius 2 is 2.06 bits per heavy atom. The smallest absolute Gasteiger partial charge is 0.126 e. The van der Waals surface area contributed by atoms with Crippen molar-refractivity contribution in [1.29, 1.82) is 0 Å². The van der Waals surface area contributed by atoms with Crippen molar-refractivity contribution in [3.05, 3.63) is 29.8 Å². The highest BCUT2D eigenvalue weighted by Gasteiger charge is 2.06. The predicted octanol–water partition coefficient (Wildman–Crippen LogP) is 2.85. The number of hydrogen-bond donors (Lipinski definition) is 1. The van der Waals surface area contributed by atoms with Crippen LogP contribution in [0.25, 0.3) is 5.57 Å². The quantitative estimate of drug-likeness (QED) is 0.771. The molecule has 0 aliphatic rings. The lowest BCUT2D eigenvalue weighted by Crippen LogP contribution is -1.97. The zero-order chi connectivity index (χ0) is 12.7. The molecule has 0 fully saturated rings. The molecule has 0 atom stereocenters. The maximum atomic E-state index is 5.48. The molecule has 3 nitrogen and oxygen atoms in total. The van der Waals surface area contributed by atoms with Gasteiger partial charge in [-0.05, 0) is 50.1 Å². The fourth-order valence-electron chi connectivity index (χ4n) is 1.67. The van der Waals surface area contributed by atoms with Crippen molar-refractivity contribution in [3.8, 4) is 11.5 Å². The Morgan fingerprint density at radius 3 is 2.65 bits per heavy atom. The number of hydrogen-bond acceptors (Lipinski definition) is 3. The summed E-state index contributed by atoms with van der Waals surface area (Å²) in [4.78, 5) is 0. The van der Waals surface area contributed by atoms with E-state index in [1.54, 1.807) is 14.2 Å². The number of ether oxygens (including phenoxy) is 2. The molecule has 3 heteroatoms. The molecule has 0 bridgehead atoms. The number of unbranched alkanes of at least 4 members (excludes halogenated alkanes) is 1. The third-order valence-corrected chi connectivity index (χ3v) is 2.69. The molecule has 0 aliphatic carbocycles. The van der Waals surface area contributed by atoms with Crippen LogP contribution in [0, 0.1) is 0 Å². The minimum absolute atomic E-state index is 0.721. The van der Waals surface area contributed by atoms with Crippen LogP contribution in [0.2, 0.25) is 0 Å². The molecule has 2 N–H and O–H groups in total. The highest BCUT2D eigenvalue weighted by Crippen LogP contribution is 2.30. The Bertz CT molecular complexity index is 386. The van der Waals surface area contributed by atoms with Gasteiger partial charge in [0.25, 0.3) is 0 Å². The second-order valence-electron chi connectivity index (χ2n) is 3.88. The minimum Gasteiger partial charge on any atom is -0.497 e. The average molecular weight is 235 g/mol. The van der Waals surface area contributed by atoms with Crippen molar-refractivity contribution in [2.24, 2.45) is 5.73 Å². The van der Waals surface area contributed by atoms with Gasteiger partial charge in [0.2, 0.25) is 0 Å². The highest BCUT2D eigenvalue weighted by molar-refractivity contribution is 5.70. The van der Waals surface area contributed by atoms with Crippen LogP contribution in [0.5, 0.6) is 11.5 Å². The molecule has 0 spiro atoms. The van der Waals surface area contributed by atoms with Crippen LogP contribution in [0.3, 0.4) is 0 Å². The van der Waals surface area contributed by atoms with E-state index < -0.39 is 0 Å². The first-order valence-electron chi connectivity index (χ1n) is 5.82. The zero-order valence-corrected chi connectivity index (χ0v) is 10.8. The van der Waals surface area contributed by atoms with Crippen LogP contribution >= 0.6 is 0 Å². The van der Waals surface area contributed by atoms with Gasteiger partial charge in [-0.25, -0.2) is 0 Å². The van der Waals surface area contributed by atoms with E-state index in [-0.39, 0.29) is 0 Å². The highest BCUT2D eigenvalue weighted by atomic mass is 16.5. The standard InChI is InChI=1S/C14H21NO2/c1-11(6-4-5-9-15)13-10-12(16-2)7-8-14(13)17-3/h6-8,10H,4-5,9,15H2,1-3H3/b11-6+. The van der Waals surface area contributed by atoms with Crippen molar-refractivity contribution in [2.45, 2.75) is 19.8 Å². The van der Waals surface area contributed by atoms with Crippen LogP contribution in [0.1, 0.15) is 25.3 Å². The second-order valence-corrected chi connectivity index (χ2v) is 3.88. The molecule has 0 aromatic heterocycles. The Hall–Kier alpha value is -1.48.